The number of hydrogen-bond donors (Lipinski definition) is 11. The zero-order valence-corrected chi connectivity index (χ0v) is 27.9. The van der Waals surface area contributed by atoms with E-state index in [0.717, 1.165) is 0 Å². The first-order chi connectivity index (χ1) is 24.5. The first-order valence-corrected chi connectivity index (χ1v) is 16.3. The zero-order valence-electron chi connectivity index (χ0n) is 27.9. The van der Waals surface area contributed by atoms with Crippen molar-refractivity contribution < 1.29 is 94.3 Å². The predicted octanol–water partition coefficient (Wildman–Crippen LogP) is -6.58. The highest BCUT2D eigenvalue weighted by Crippen LogP contribution is 2.26. The third-order valence-electron chi connectivity index (χ3n) is 8.83. The van der Waals surface area contributed by atoms with Crippen LogP contribution in [-0.4, -0.2) is 203 Å². The summed E-state index contributed by atoms with van der Waals surface area (Å²) in [6, 6.07) is 5.93. The van der Waals surface area contributed by atoms with E-state index in [-0.39, 0.29) is 31.5 Å². The number of nitrogens with zero attached hydrogens (tertiary/aromatic N) is 2. The lowest BCUT2D eigenvalue weighted by molar-refractivity contribution is -0.333. The summed E-state index contributed by atoms with van der Waals surface area (Å²) in [4.78, 5) is 42.1. The number of amides is 2. The van der Waals surface area contributed by atoms with E-state index in [4.69, 9.17) is 23.8 Å². The molecular formula is C31H46N2O19. The molecule has 1 unspecified atom stereocenters. The summed E-state index contributed by atoms with van der Waals surface area (Å²) in [5.41, 5.74) is 0.723. The number of hydroxylamine groups is 2. The molecule has 3 saturated heterocycles. The van der Waals surface area contributed by atoms with Gasteiger partial charge in [0.15, 0.2) is 12.6 Å². The van der Waals surface area contributed by atoms with Gasteiger partial charge in [-0.2, -0.15) is 0 Å². The Morgan fingerprint density at radius 2 is 1.31 bits per heavy atom. The van der Waals surface area contributed by atoms with Crippen LogP contribution < -0.4 is 0 Å². The number of rotatable bonds is 16. The van der Waals surface area contributed by atoms with Crippen molar-refractivity contribution in [3.05, 3.63) is 35.4 Å². The molecule has 21 heteroatoms. The summed E-state index contributed by atoms with van der Waals surface area (Å²) >= 11 is 0. The molecule has 1 aromatic rings. The Labute approximate surface area is 296 Å². The Hall–Kier alpha value is -2.81. The second-order valence-electron chi connectivity index (χ2n) is 12.8. The smallest absolute Gasteiger partial charge is 0.363 e. The van der Waals surface area contributed by atoms with Gasteiger partial charge in [0, 0.05) is 25.9 Å². The van der Waals surface area contributed by atoms with Gasteiger partial charge >= 0.3 is 5.97 Å². The number of aliphatic hydroxyl groups excluding tert-OH is 11. The molecule has 14 atom stereocenters. The van der Waals surface area contributed by atoms with Crippen LogP contribution in [0.1, 0.15) is 28.8 Å². The summed E-state index contributed by atoms with van der Waals surface area (Å²) in [5, 5.41) is 113. The number of likely N-dealkylation sites (N-methyl/N-ethyl adjacent to an activating group) is 1. The Kier molecular flexibility index (Phi) is 14.9. The Morgan fingerprint density at radius 1 is 0.788 bits per heavy atom. The molecule has 0 radical (unpaired) electrons. The van der Waals surface area contributed by atoms with E-state index in [1.54, 1.807) is 24.1 Å². The van der Waals surface area contributed by atoms with Gasteiger partial charge in [0.25, 0.3) is 11.8 Å². The van der Waals surface area contributed by atoms with Gasteiger partial charge in [0.05, 0.1) is 31.5 Å². The van der Waals surface area contributed by atoms with Crippen LogP contribution in [0.3, 0.4) is 0 Å². The number of ether oxygens (including phenoxy) is 4. The van der Waals surface area contributed by atoms with E-state index in [2.05, 4.69) is 0 Å². The highest BCUT2D eigenvalue weighted by atomic mass is 16.7. The van der Waals surface area contributed by atoms with Crippen molar-refractivity contribution in [1.82, 2.24) is 9.96 Å². The maximum absolute atomic E-state index is 12.3. The van der Waals surface area contributed by atoms with Crippen molar-refractivity contribution in [3.63, 3.8) is 0 Å². The molecule has 2 amide bonds. The van der Waals surface area contributed by atoms with Gasteiger partial charge < -0.3 is 80.0 Å². The molecule has 3 aliphatic rings. The van der Waals surface area contributed by atoms with Crippen molar-refractivity contribution in [3.8, 4) is 0 Å². The van der Waals surface area contributed by atoms with Crippen LogP contribution in [0.25, 0.3) is 0 Å². The fourth-order valence-corrected chi connectivity index (χ4v) is 5.68. The van der Waals surface area contributed by atoms with E-state index < -0.39 is 123 Å². The fraction of sp³-hybridized carbons (Fsp3) is 0.710. The van der Waals surface area contributed by atoms with Gasteiger partial charge in [-0.15, -0.1) is 5.06 Å². The first-order valence-electron chi connectivity index (χ1n) is 16.3. The molecule has 3 heterocycles. The molecular weight excluding hydrogens is 704 g/mol. The number of imide groups is 1. The lowest BCUT2D eigenvalue weighted by Gasteiger charge is -2.42. The summed E-state index contributed by atoms with van der Waals surface area (Å²) in [5.74, 6) is -2.14. The van der Waals surface area contributed by atoms with Crippen LogP contribution >= 0.6 is 0 Å². The first kappa shape index (κ1) is 41.9. The fourth-order valence-electron chi connectivity index (χ4n) is 5.68. The van der Waals surface area contributed by atoms with Crippen LogP contribution in [0.4, 0.5) is 0 Å². The quantitative estimate of drug-likeness (QED) is 0.0700. The molecule has 0 saturated carbocycles. The van der Waals surface area contributed by atoms with Crippen molar-refractivity contribution in [1.29, 1.82) is 0 Å². The van der Waals surface area contributed by atoms with Gasteiger partial charge in [-0.1, -0.05) is 12.1 Å². The number of carbonyl (C=O) groups excluding carboxylic acids is 3. The predicted molar refractivity (Wildman–Crippen MR) is 166 cm³/mol. The van der Waals surface area contributed by atoms with E-state index in [0.29, 0.717) is 10.6 Å². The summed E-state index contributed by atoms with van der Waals surface area (Å²) in [7, 11) is 1.58. The van der Waals surface area contributed by atoms with Crippen molar-refractivity contribution >= 4 is 17.8 Å². The third-order valence-corrected chi connectivity index (χ3v) is 8.83. The van der Waals surface area contributed by atoms with Crippen LogP contribution in [-0.2, 0) is 39.9 Å². The van der Waals surface area contributed by atoms with Gasteiger partial charge in [0.1, 0.15) is 67.1 Å². The van der Waals surface area contributed by atoms with E-state index in [1.807, 2.05) is 0 Å². The van der Waals surface area contributed by atoms with Gasteiger partial charge in [0.2, 0.25) is 0 Å². The molecule has 0 aliphatic carbocycles. The minimum absolute atomic E-state index is 0.0455. The minimum Gasteiger partial charge on any atom is -0.394 e. The lowest BCUT2D eigenvalue weighted by Crippen LogP contribution is -2.62. The molecule has 4 rings (SSSR count). The highest BCUT2D eigenvalue weighted by molar-refractivity contribution is 6.02. The summed E-state index contributed by atoms with van der Waals surface area (Å²) in [6.07, 6.45) is -24.2. The maximum atomic E-state index is 12.3. The maximum Gasteiger partial charge on any atom is 0.363 e. The number of benzene rings is 1. The second kappa shape index (κ2) is 18.5. The Bertz CT molecular complexity index is 1320. The average molecular weight is 751 g/mol. The molecule has 1 aromatic carbocycles. The molecule has 0 aromatic heterocycles. The summed E-state index contributed by atoms with van der Waals surface area (Å²) in [6.45, 7) is -2.18. The largest absolute Gasteiger partial charge is 0.394 e. The standard InChI is InChI=1S/C31H46N2O19/c1-32(8-13-2-4-14(5-3-13)29(47)52-33-19(37)6-7-20(33)38)9-15(35)21(39)22(40)16(36)11-48-30-28(46)26(44)24(42)18(51-30)12-49-31-27(45)25(43)23(41)17(10-34)50-31/h2-5,15-18,21-28,30-31,34-36,39-46H,6-12H2,1H3/t15?,16-,17-,18-,21-,22-,23-,24-,25+,26+,27-,28-,30-,31-/m1/s1. The third kappa shape index (κ3) is 10.0. The SMILES string of the molecule is CN(Cc1ccc(C(=O)ON2C(=O)CCC2=O)cc1)CC(O)[C@@H](O)[C@H](O)[C@H](O)CO[C@@H]1O[C@H](CO[C@@H]2O[C@H](CO)[C@@H](O)[C@H](O)[C@H]2O)[C@@H](O)[C@H](O)[C@H]1O. The Morgan fingerprint density at radius 3 is 1.88 bits per heavy atom. The average Bonchev–Trinajstić information content (AvgIpc) is 3.44. The number of carbonyl (C=O) groups is 3. The van der Waals surface area contributed by atoms with Crippen LogP contribution in [0.15, 0.2) is 24.3 Å². The normalized spacial score (nSPS) is 33.6. The lowest BCUT2D eigenvalue weighted by atomic mass is 9.98. The van der Waals surface area contributed by atoms with E-state index in [9.17, 15) is 70.6 Å². The molecule has 0 bridgehead atoms. The minimum atomic E-state index is -1.98. The van der Waals surface area contributed by atoms with Gasteiger partial charge in [-0.25, -0.2) is 4.79 Å². The van der Waals surface area contributed by atoms with E-state index in [1.165, 1.54) is 12.1 Å². The van der Waals surface area contributed by atoms with Gasteiger partial charge in [-0.3, -0.25) is 14.5 Å². The van der Waals surface area contributed by atoms with Gasteiger partial charge in [-0.05, 0) is 24.7 Å². The van der Waals surface area contributed by atoms with Crippen molar-refractivity contribution in [2.24, 2.45) is 0 Å². The Balaban J connectivity index is 1.23. The van der Waals surface area contributed by atoms with Crippen LogP contribution in [0, 0.1) is 0 Å². The number of hydrogen-bond acceptors (Lipinski definition) is 20. The molecule has 3 fully saturated rings. The molecule has 294 valence electrons. The molecule has 0 spiro atoms. The van der Waals surface area contributed by atoms with E-state index >= 15 is 0 Å². The van der Waals surface area contributed by atoms with Crippen LogP contribution in [0.2, 0.25) is 0 Å². The zero-order chi connectivity index (χ0) is 38.4. The summed E-state index contributed by atoms with van der Waals surface area (Å²) < 4.78 is 21.3. The highest BCUT2D eigenvalue weighted by Gasteiger charge is 2.48. The number of aliphatic hydroxyl groups is 11. The second-order valence-corrected chi connectivity index (χ2v) is 12.8. The van der Waals surface area contributed by atoms with Crippen LogP contribution in [0.5, 0.6) is 0 Å². The van der Waals surface area contributed by atoms with Crippen molar-refractivity contribution in [2.75, 3.05) is 33.4 Å². The molecule has 52 heavy (non-hydrogen) atoms. The molecule has 11 N–H and O–H groups in total. The topological polar surface area (TPSA) is 326 Å². The molecule has 3 aliphatic heterocycles. The molecule has 21 nitrogen and oxygen atoms in total. The van der Waals surface area contributed by atoms with Crippen molar-refractivity contribution in [2.45, 2.75) is 105 Å². The monoisotopic (exact) mass is 750 g/mol.